The molecular formula is C16H28N4OS. The first kappa shape index (κ1) is 17.4. The molecule has 0 radical (unpaired) electrons. The average molecular weight is 324 g/mol. The Morgan fingerprint density at radius 2 is 2.18 bits per heavy atom. The molecular weight excluding hydrogens is 296 g/mol. The van der Waals surface area contributed by atoms with Crippen LogP contribution >= 0.6 is 11.3 Å². The van der Waals surface area contributed by atoms with Gasteiger partial charge in [-0.05, 0) is 31.7 Å². The van der Waals surface area contributed by atoms with Crippen molar-refractivity contribution in [2.45, 2.75) is 39.7 Å². The summed E-state index contributed by atoms with van der Waals surface area (Å²) in [4.78, 5) is 19.0. The van der Waals surface area contributed by atoms with E-state index in [0.29, 0.717) is 12.2 Å². The van der Waals surface area contributed by atoms with Gasteiger partial charge in [0.1, 0.15) is 5.69 Å². The van der Waals surface area contributed by atoms with Crippen molar-refractivity contribution in [3.05, 3.63) is 16.1 Å². The molecule has 1 aromatic heterocycles. The zero-order chi connectivity index (χ0) is 16.1. The second-order valence-corrected chi connectivity index (χ2v) is 7.65. The van der Waals surface area contributed by atoms with E-state index in [-0.39, 0.29) is 11.9 Å². The van der Waals surface area contributed by atoms with E-state index in [1.165, 1.54) is 17.8 Å². The molecule has 3 atom stereocenters. The number of aromatic nitrogens is 1. The van der Waals surface area contributed by atoms with E-state index in [4.69, 9.17) is 5.73 Å². The lowest BCUT2D eigenvalue weighted by atomic mass is 9.92. The van der Waals surface area contributed by atoms with E-state index in [9.17, 15) is 4.79 Å². The molecule has 0 spiro atoms. The largest absolute Gasteiger partial charge is 0.347 e. The summed E-state index contributed by atoms with van der Waals surface area (Å²) in [5.41, 5.74) is 6.03. The molecule has 1 saturated heterocycles. The maximum Gasteiger partial charge on any atom is 0.271 e. The summed E-state index contributed by atoms with van der Waals surface area (Å²) in [6.07, 6.45) is 2.04. The van der Waals surface area contributed by atoms with Crippen molar-refractivity contribution < 1.29 is 4.79 Å². The van der Waals surface area contributed by atoms with Crippen molar-refractivity contribution in [1.82, 2.24) is 15.2 Å². The zero-order valence-electron chi connectivity index (χ0n) is 13.8. The molecule has 6 heteroatoms. The van der Waals surface area contributed by atoms with Gasteiger partial charge in [-0.2, -0.15) is 0 Å². The third-order valence-corrected chi connectivity index (χ3v) is 4.91. The predicted molar refractivity (Wildman–Crippen MR) is 91.2 cm³/mol. The molecule has 1 amide bonds. The van der Waals surface area contributed by atoms with Crippen LogP contribution in [0.15, 0.2) is 5.38 Å². The topological polar surface area (TPSA) is 71.2 Å². The zero-order valence-corrected chi connectivity index (χ0v) is 14.7. The first-order chi connectivity index (χ1) is 10.5. The van der Waals surface area contributed by atoms with Gasteiger partial charge in [-0.3, -0.25) is 4.79 Å². The maximum atomic E-state index is 12.2. The fraction of sp³-hybridized carbons (Fsp3) is 0.750. The molecule has 0 aromatic carbocycles. The minimum absolute atomic E-state index is 0.0786. The van der Waals surface area contributed by atoms with Crippen LogP contribution in [-0.2, 0) is 6.42 Å². The number of hydrogen-bond donors (Lipinski definition) is 2. The third kappa shape index (κ3) is 5.04. The van der Waals surface area contributed by atoms with Crippen LogP contribution in [0.4, 0.5) is 0 Å². The number of carbonyl (C=O) groups excluding carboxylic acids is 1. The number of rotatable bonds is 6. The Bertz CT molecular complexity index is 480. The smallest absolute Gasteiger partial charge is 0.271 e. The Kier molecular flexibility index (Phi) is 6.35. The fourth-order valence-corrected chi connectivity index (χ4v) is 4.12. The lowest BCUT2D eigenvalue weighted by Gasteiger charge is -2.36. The van der Waals surface area contributed by atoms with Gasteiger partial charge in [0, 0.05) is 37.5 Å². The lowest BCUT2D eigenvalue weighted by Crippen LogP contribution is -2.47. The number of nitrogens with two attached hydrogens (primary N) is 1. The van der Waals surface area contributed by atoms with Gasteiger partial charge in [-0.1, -0.05) is 13.8 Å². The summed E-state index contributed by atoms with van der Waals surface area (Å²) in [6.45, 7) is 10.4. The third-order valence-electron chi connectivity index (χ3n) is 4.00. The van der Waals surface area contributed by atoms with Crippen molar-refractivity contribution in [2.24, 2.45) is 17.6 Å². The number of thiazole rings is 1. The highest BCUT2D eigenvalue weighted by atomic mass is 32.1. The molecule has 3 N–H and O–H groups in total. The van der Waals surface area contributed by atoms with Gasteiger partial charge in [0.2, 0.25) is 0 Å². The first-order valence-corrected chi connectivity index (χ1v) is 9.03. The summed E-state index contributed by atoms with van der Waals surface area (Å²) < 4.78 is 0. The normalized spacial score (nSPS) is 24.2. The minimum atomic E-state index is -0.0786. The van der Waals surface area contributed by atoms with Crippen LogP contribution in [0.2, 0.25) is 0 Å². The monoisotopic (exact) mass is 324 g/mol. The van der Waals surface area contributed by atoms with E-state index >= 15 is 0 Å². The molecule has 3 unspecified atom stereocenters. The van der Waals surface area contributed by atoms with Crippen molar-refractivity contribution in [3.63, 3.8) is 0 Å². The molecule has 1 aliphatic rings. The van der Waals surface area contributed by atoms with Crippen LogP contribution in [-0.4, -0.2) is 48.0 Å². The van der Waals surface area contributed by atoms with Crippen LogP contribution in [0.3, 0.4) is 0 Å². The minimum Gasteiger partial charge on any atom is -0.347 e. The van der Waals surface area contributed by atoms with Gasteiger partial charge in [-0.25, -0.2) is 4.98 Å². The highest BCUT2D eigenvalue weighted by Crippen LogP contribution is 2.20. The number of nitrogens with one attached hydrogen (secondary N) is 1. The number of likely N-dealkylation sites (tertiary alicyclic amines) is 1. The molecule has 22 heavy (non-hydrogen) atoms. The Morgan fingerprint density at radius 1 is 1.50 bits per heavy atom. The first-order valence-electron chi connectivity index (χ1n) is 8.15. The maximum absolute atomic E-state index is 12.2. The highest BCUT2D eigenvalue weighted by molar-refractivity contribution is 7.09. The van der Waals surface area contributed by atoms with Gasteiger partial charge in [-0.15, -0.1) is 11.3 Å². The second-order valence-electron chi connectivity index (χ2n) is 6.70. The molecule has 2 heterocycles. The summed E-state index contributed by atoms with van der Waals surface area (Å²) >= 11 is 1.50. The second kappa shape index (κ2) is 8.04. The van der Waals surface area contributed by atoms with Crippen molar-refractivity contribution >= 4 is 17.2 Å². The number of carbonyl (C=O) groups is 1. The molecule has 2 rings (SSSR count). The van der Waals surface area contributed by atoms with E-state index in [1.54, 1.807) is 0 Å². The standard InChI is InChI=1S/C16H28N4OS/c1-11-6-12(2)8-20(7-11)9-13(3)18-16(21)14-10-22-15(19-14)4-5-17/h10-13H,4-9,17H2,1-3H3,(H,18,21). The molecule has 0 saturated carbocycles. The number of amides is 1. The summed E-state index contributed by atoms with van der Waals surface area (Å²) in [6, 6.07) is 0.129. The lowest BCUT2D eigenvalue weighted by molar-refractivity contribution is 0.0900. The fourth-order valence-electron chi connectivity index (χ4n) is 3.33. The number of hydrogen-bond acceptors (Lipinski definition) is 5. The van der Waals surface area contributed by atoms with Gasteiger partial charge < -0.3 is 16.0 Å². The summed E-state index contributed by atoms with van der Waals surface area (Å²) in [5.74, 6) is 1.40. The summed E-state index contributed by atoms with van der Waals surface area (Å²) in [5, 5.41) is 5.81. The Balaban J connectivity index is 1.82. The van der Waals surface area contributed by atoms with Crippen LogP contribution in [0.25, 0.3) is 0 Å². The number of piperidine rings is 1. The molecule has 1 fully saturated rings. The van der Waals surface area contributed by atoms with Crippen LogP contribution in [0.1, 0.15) is 42.7 Å². The SMILES string of the molecule is CC1CC(C)CN(CC(C)NC(=O)c2csc(CCN)n2)C1. The van der Waals surface area contributed by atoms with Crippen molar-refractivity contribution in [3.8, 4) is 0 Å². The highest BCUT2D eigenvalue weighted by Gasteiger charge is 2.23. The molecule has 0 aliphatic carbocycles. The van der Waals surface area contributed by atoms with Crippen LogP contribution in [0.5, 0.6) is 0 Å². The van der Waals surface area contributed by atoms with Crippen molar-refractivity contribution in [2.75, 3.05) is 26.2 Å². The quantitative estimate of drug-likeness (QED) is 0.836. The van der Waals surface area contributed by atoms with E-state index in [2.05, 4.69) is 36.0 Å². The van der Waals surface area contributed by atoms with Gasteiger partial charge >= 0.3 is 0 Å². The molecule has 1 aliphatic heterocycles. The molecule has 1 aromatic rings. The predicted octanol–water partition coefficient (Wildman–Crippen LogP) is 1.74. The van der Waals surface area contributed by atoms with Crippen LogP contribution in [0, 0.1) is 11.8 Å². The Labute approximate surface area is 137 Å². The van der Waals surface area contributed by atoms with E-state index < -0.39 is 0 Å². The molecule has 5 nitrogen and oxygen atoms in total. The van der Waals surface area contributed by atoms with Crippen molar-refractivity contribution in [1.29, 1.82) is 0 Å². The van der Waals surface area contributed by atoms with Gasteiger partial charge in [0.05, 0.1) is 5.01 Å². The van der Waals surface area contributed by atoms with Crippen LogP contribution < -0.4 is 11.1 Å². The van der Waals surface area contributed by atoms with Gasteiger partial charge in [0.25, 0.3) is 5.91 Å². The number of nitrogens with zero attached hydrogens (tertiary/aromatic N) is 2. The Morgan fingerprint density at radius 3 is 2.82 bits per heavy atom. The summed E-state index contributed by atoms with van der Waals surface area (Å²) in [7, 11) is 0. The Hall–Kier alpha value is -0.980. The molecule has 0 bridgehead atoms. The van der Waals surface area contributed by atoms with E-state index in [1.807, 2.05) is 5.38 Å². The van der Waals surface area contributed by atoms with E-state index in [0.717, 1.165) is 42.9 Å². The molecule has 124 valence electrons. The van der Waals surface area contributed by atoms with Gasteiger partial charge in [0.15, 0.2) is 0 Å². The average Bonchev–Trinajstić information content (AvgIpc) is 2.86.